The lowest BCUT2D eigenvalue weighted by Crippen LogP contribution is -2.49. The normalized spacial score (nSPS) is 17.8. The number of nitrogens with one attached hydrogen (secondary N) is 2. The molecule has 0 aliphatic heterocycles. The molecular weight excluding hydrogens is 390 g/mol. The molecule has 5 nitrogen and oxygen atoms in total. The Morgan fingerprint density at radius 2 is 1.90 bits per heavy atom. The summed E-state index contributed by atoms with van der Waals surface area (Å²) in [6.45, 7) is 2.26. The van der Waals surface area contributed by atoms with Gasteiger partial charge < -0.3 is 20.8 Å². The Hall–Kier alpha value is -2.51. The van der Waals surface area contributed by atoms with Gasteiger partial charge in [-0.15, -0.1) is 0 Å². The monoisotopic (exact) mass is 418 g/mol. The van der Waals surface area contributed by atoms with Crippen LogP contribution in [0.3, 0.4) is 0 Å². The number of amides is 1. The van der Waals surface area contributed by atoms with E-state index in [4.69, 9.17) is 5.11 Å². The molecule has 4 N–H and O–H groups in total. The van der Waals surface area contributed by atoms with Crippen LogP contribution in [-0.2, 0) is 19.3 Å². The molecule has 0 fully saturated rings. The number of hydrogen-bond donors (Lipinski definition) is 4. The molecule has 1 amide bonds. The first-order chi connectivity index (χ1) is 14.4. The molecule has 1 aliphatic carbocycles. The summed E-state index contributed by atoms with van der Waals surface area (Å²) in [5.41, 5.74) is 4.05. The quantitative estimate of drug-likeness (QED) is 0.527. The number of rotatable bonds is 8. The Labute approximate surface area is 175 Å². The number of aliphatic hydroxyl groups excluding tert-OH is 1. The summed E-state index contributed by atoms with van der Waals surface area (Å²) < 4.78 is 27.0. The average Bonchev–Trinajstić information content (AvgIpc) is 2.70. The van der Waals surface area contributed by atoms with Crippen molar-refractivity contribution in [2.45, 2.75) is 57.2 Å². The second-order valence-corrected chi connectivity index (χ2v) is 7.84. The molecule has 7 heteroatoms. The molecule has 0 spiro atoms. The summed E-state index contributed by atoms with van der Waals surface area (Å²) in [7, 11) is 0. The lowest BCUT2D eigenvalue weighted by Gasteiger charge is -2.30. The van der Waals surface area contributed by atoms with Crippen molar-refractivity contribution in [1.29, 1.82) is 0 Å². The summed E-state index contributed by atoms with van der Waals surface area (Å²) in [6, 6.07) is 8.71. The zero-order valence-electron chi connectivity index (χ0n) is 17.0. The molecule has 0 bridgehead atoms. The predicted molar refractivity (Wildman–Crippen MR) is 111 cm³/mol. The number of carboxylic acid groups (broad SMARTS) is 1. The maximum Gasteiger partial charge on any atom is 0.404 e. The van der Waals surface area contributed by atoms with Gasteiger partial charge in [-0.3, -0.25) is 0 Å². The maximum atomic E-state index is 13.5. The smallest absolute Gasteiger partial charge is 0.404 e. The Morgan fingerprint density at radius 1 is 1.17 bits per heavy atom. The highest BCUT2D eigenvalue weighted by Gasteiger charge is 2.25. The van der Waals surface area contributed by atoms with E-state index >= 15 is 0 Å². The zero-order chi connectivity index (χ0) is 21.7. The summed E-state index contributed by atoms with van der Waals surface area (Å²) in [5, 5.41) is 25.4. The molecular formula is C23H28F2N2O3. The third kappa shape index (κ3) is 5.77. The highest BCUT2D eigenvalue weighted by molar-refractivity contribution is 5.65. The van der Waals surface area contributed by atoms with Gasteiger partial charge in [0.1, 0.15) is 11.6 Å². The molecule has 0 unspecified atom stereocenters. The first-order valence-corrected chi connectivity index (χ1v) is 10.3. The van der Waals surface area contributed by atoms with Crippen LogP contribution in [0.2, 0.25) is 0 Å². The maximum absolute atomic E-state index is 13.5. The molecule has 1 aliphatic rings. The van der Waals surface area contributed by atoms with Crippen molar-refractivity contribution in [3.05, 3.63) is 70.3 Å². The fourth-order valence-corrected chi connectivity index (χ4v) is 4.11. The van der Waals surface area contributed by atoms with Gasteiger partial charge >= 0.3 is 6.09 Å². The average molecular weight is 418 g/mol. The number of aryl methyl sites for hydroxylation is 2. The number of fused-ring (bicyclic) bond motifs is 1. The van der Waals surface area contributed by atoms with Gasteiger partial charge in [-0.25, -0.2) is 13.6 Å². The number of carbonyl (C=O) groups is 1. The molecule has 2 aromatic rings. The Kier molecular flexibility index (Phi) is 7.39. The second-order valence-electron chi connectivity index (χ2n) is 7.84. The van der Waals surface area contributed by atoms with E-state index in [2.05, 4.69) is 35.8 Å². The van der Waals surface area contributed by atoms with Gasteiger partial charge in [0.25, 0.3) is 0 Å². The van der Waals surface area contributed by atoms with E-state index in [1.165, 1.54) is 16.7 Å². The fourth-order valence-electron chi connectivity index (χ4n) is 4.11. The van der Waals surface area contributed by atoms with E-state index in [1.54, 1.807) is 0 Å². The van der Waals surface area contributed by atoms with E-state index in [-0.39, 0.29) is 24.6 Å². The van der Waals surface area contributed by atoms with E-state index in [1.807, 2.05) is 0 Å². The molecule has 0 radical (unpaired) electrons. The lowest BCUT2D eigenvalue weighted by atomic mass is 9.86. The fraction of sp³-hybridized carbons (Fsp3) is 0.435. The van der Waals surface area contributed by atoms with E-state index in [9.17, 15) is 18.7 Å². The van der Waals surface area contributed by atoms with Crippen LogP contribution >= 0.6 is 0 Å². The van der Waals surface area contributed by atoms with Crippen molar-refractivity contribution in [3.8, 4) is 0 Å². The molecule has 0 saturated heterocycles. The predicted octanol–water partition coefficient (Wildman–Crippen LogP) is 3.73. The van der Waals surface area contributed by atoms with E-state index in [0.717, 1.165) is 43.9 Å². The van der Waals surface area contributed by atoms with E-state index in [0.29, 0.717) is 0 Å². The van der Waals surface area contributed by atoms with Crippen LogP contribution in [-0.4, -0.2) is 35.0 Å². The van der Waals surface area contributed by atoms with E-state index < -0.39 is 29.9 Å². The van der Waals surface area contributed by atoms with Gasteiger partial charge in [0, 0.05) is 18.7 Å². The van der Waals surface area contributed by atoms with Crippen molar-refractivity contribution >= 4 is 6.09 Å². The summed E-state index contributed by atoms with van der Waals surface area (Å²) >= 11 is 0. The van der Waals surface area contributed by atoms with Gasteiger partial charge in [0.2, 0.25) is 0 Å². The largest absolute Gasteiger partial charge is 0.465 e. The number of halogens is 2. The van der Waals surface area contributed by atoms with Gasteiger partial charge in [0.05, 0.1) is 12.1 Å². The molecule has 3 rings (SSSR count). The number of aliphatic hydroxyl groups is 1. The third-order valence-corrected chi connectivity index (χ3v) is 5.66. The van der Waals surface area contributed by atoms with Crippen LogP contribution in [0.1, 0.15) is 48.1 Å². The summed E-state index contributed by atoms with van der Waals surface area (Å²) in [6.07, 6.45) is 1.54. The van der Waals surface area contributed by atoms with Gasteiger partial charge in [-0.05, 0) is 66.5 Å². The first kappa shape index (κ1) is 22.2. The van der Waals surface area contributed by atoms with Crippen LogP contribution in [0.4, 0.5) is 13.6 Å². The van der Waals surface area contributed by atoms with Gasteiger partial charge in [0.15, 0.2) is 0 Å². The second kappa shape index (κ2) is 10.00. The molecule has 0 aromatic heterocycles. The Morgan fingerprint density at radius 3 is 2.57 bits per heavy atom. The zero-order valence-corrected chi connectivity index (χ0v) is 17.0. The summed E-state index contributed by atoms with van der Waals surface area (Å²) in [5.74, 6) is -1.48. The van der Waals surface area contributed by atoms with Crippen molar-refractivity contribution < 1.29 is 23.8 Å². The first-order valence-electron chi connectivity index (χ1n) is 10.3. The minimum Gasteiger partial charge on any atom is -0.465 e. The van der Waals surface area contributed by atoms with Gasteiger partial charge in [-0.1, -0.05) is 25.1 Å². The third-order valence-electron chi connectivity index (χ3n) is 5.66. The minimum absolute atomic E-state index is 0.0228. The molecule has 2 aromatic carbocycles. The van der Waals surface area contributed by atoms with Crippen LogP contribution in [0, 0.1) is 11.6 Å². The Bertz CT molecular complexity index is 870. The molecule has 0 heterocycles. The Balaban J connectivity index is 1.69. The topological polar surface area (TPSA) is 81.6 Å². The SMILES string of the molecule is CCc1ccc2c(c1)[C@@H](NC[C@H](O)[C@H](Cc1cc(F)cc(F)c1)NC(=O)O)CCC2. The molecule has 30 heavy (non-hydrogen) atoms. The lowest BCUT2D eigenvalue weighted by molar-refractivity contribution is 0.114. The standard InChI is InChI=1S/C23H28F2N2O3/c1-2-14-6-7-16-4-3-5-20(19(16)10-14)26-13-22(28)21(27-23(29)30)11-15-8-17(24)12-18(25)9-15/h6-10,12,20-22,26-28H,2-5,11,13H2,1H3,(H,29,30)/t20-,21-,22-/m0/s1. The van der Waals surface area contributed by atoms with Crippen LogP contribution in [0.15, 0.2) is 36.4 Å². The summed E-state index contributed by atoms with van der Waals surface area (Å²) in [4.78, 5) is 11.2. The van der Waals surface area contributed by atoms with Crippen molar-refractivity contribution in [3.63, 3.8) is 0 Å². The highest BCUT2D eigenvalue weighted by atomic mass is 19.1. The number of hydrogen-bond acceptors (Lipinski definition) is 3. The van der Waals surface area contributed by atoms with Gasteiger partial charge in [-0.2, -0.15) is 0 Å². The van der Waals surface area contributed by atoms with Crippen LogP contribution in [0.5, 0.6) is 0 Å². The molecule has 162 valence electrons. The number of benzene rings is 2. The van der Waals surface area contributed by atoms with Crippen molar-refractivity contribution in [2.24, 2.45) is 0 Å². The molecule has 3 atom stereocenters. The van der Waals surface area contributed by atoms with Crippen molar-refractivity contribution in [2.75, 3.05) is 6.54 Å². The molecule has 0 saturated carbocycles. The van der Waals surface area contributed by atoms with Crippen LogP contribution < -0.4 is 10.6 Å². The highest BCUT2D eigenvalue weighted by Crippen LogP contribution is 2.30. The van der Waals surface area contributed by atoms with Crippen LogP contribution in [0.25, 0.3) is 0 Å². The minimum atomic E-state index is -1.30. The van der Waals surface area contributed by atoms with Crippen molar-refractivity contribution in [1.82, 2.24) is 10.6 Å².